The smallest absolute Gasteiger partial charge is 0.307 e. The average molecular weight is 704 g/mol. The number of rotatable bonds is 6. The lowest BCUT2D eigenvalue weighted by Crippen LogP contribution is -2.16. The van der Waals surface area contributed by atoms with Crippen molar-refractivity contribution in [1.82, 2.24) is 5.43 Å². The number of hydrogen-bond acceptors (Lipinski definition) is 4. The summed E-state index contributed by atoms with van der Waals surface area (Å²) >= 11 is 9.12. The van der Waals surface area contributed by atoms with E-state index in [4.69, 9.17) is 9.15 Å². The molecule has 0 spiro atoms. The van der Waals surface area contributed by atoms with Crippen molar-refractivity contribution in [1.29, 1.82) is 0 Å². The molecule has 174 valence electrons. The molecule has 1 amide bonds. The number of halogens is 3. The molecular formula is C27H17Br2IN2O3. The van der Waals surface area contributed by atoms with Crippen LogP contribution < -0.4 is 10.2 Å². The highest BCUT2D eigenvalue weighted by Crippen LogP contribution is 2.31. The maximum atomic E-state index is 12.5. The predicted octanol–water partition coefficient (Wildman–Crippen LogP) is 8.06. The number of nitrogens with zero attached hydrogens (tertiary/aromatic N) is 1. The summed E-state index contributed by atoms with van der Waals surface area (Å²) in [4.78, 5) is 12.5. The van der Waals surface area contributed by atoms with Crippen molar-refractivity contribution in [2.75, 3.05) is 0 Å². The van der Waals surface area contributed by atoms with Gasteiger partial charge in [-0.25, -0.2) is 5.43 Å². The lowest BCUT2D eigenvalue weighted by atomic mass is 10.1. The standard InChI is InChI=1S/C27H17Br2IN2O3/c28-20-11-19-12-25(35-26(19)22(29)13-20)27(33)32-31-14-16-8-9-24(23(30)10-16)34-15-18-6-3-5-17-4-1-2-7-21(17)18/h1-14H,15H2,(H,32,33)/b31-14-. The highest BCUT2D eigenvalue weighted by atomic mass is 127. The summed E-state index contributed by atoms with van der Waals surface area (Å²) in [6, 6.07) is 25.7. The van der Waals surface area contributed by atoms with E-state index in [1.165, 1.54) is 10.8 Å². The van der Waals surface area contributed by atoms with Gasteiger partial charge in [0.15, 0.2) is 5.76 Å². The minimum absolute atomic E-state index is 0.183. The first-order chi connectivity index (χ1) is 17.0. The molecule has 1 N–H and O–H groups in total. The number of benzene rings is 4. The van der Waals surface area contributed by atoms with E-state index in [0.29, 0.717) is 12.2 Å². The van der Waals surface area contributed by atoms with E-state index in [1.54, 1.807) is 12.3 Å². The second-order valence-corrected chi connectivity index (χ2v) is 10.7. The number of carbonyl (C=O) groups is 1. The van der Waals surface area contributed by atoms with Crippen LogP contribution in [0.2, 0.25) is 0 Å². The summed E-state index contributed by atoms with van der Waals surface area (Å²) in [5.74, 6) is 0.548. The zero-order valence-corrected chi connectivity index (χ0v) is 23.4. The normalized spacial score (nSPS) is 11.4. The van der Waals surface area contributed by atoms with E-state index in [-0.39, 0.29) is 5.76 Å². The number of nitrogens with one attached hydrogen (secondary N) is 1. The number of amides is 1. The lowest BCUT2D eigenvalue weighted by Gasteiger charge is -2.11. The molecule has 8 heteroatoms. The maximum absolute atomic E-state index is 12.5. The summed E-state index contributed by atoms with van der Waals surface area (Å²) in [5, 5.41) is 7.27. The average Bonchev–Trinajstić information content (AvgIpc) is 3.28. The summed E-state index contributed by atoms with van der Waals surface area (Å²) in [5.41, 5.74) is 5.10. The topological polar surface area (TPSA) is 63.8 Å². The van der Waals surface area contributed by atoms with Crippen molar-refractivity contribution in [3.63, 3.8) is 0 Å². The summed E-state index contributed by atoms with van der Waals surface area (Å²) in [7, 11) is 0. The van der Waals surface area contributed by atoms with E-state index in [0.717, 1.165) is 34.8 Å². The largest absolute Gasteiger partial charge is 0.488 e. The van der Waals surface area contributed by atoms with Crippen LogP contribution in [0, 0.1) is 3.57 Å². The third-order valence-electron chi connectivity index (χ3n) is 5.36. The van der Waals surface area contributed by atoms with E-state index in [1.807, 2.05) is 48.5 Å². The molecule has 0 radical (unpaired) electrons. The predicted molar refractivity (Wildman–Crippen MR) is 154 cm³/mol. The Morgan fingerprint density at radius 2 is 1.83 bits per heavy atom. The Labute approximate surface area is 231 Å². The molecule has 5 nitrogen and oxygen atoms in total. The third-order valence-corrected chi connectivity index (χ3v) is 7.25. The minimum Gasteiger partial charge on any atom is -0.488 e. The lowest BCUT2D eigenvalue weighted by molar-refractivity contribution is 0.0929. The molecule has 5 rings (SSSR count). The maximum Gasteiger partial charge on any atom is 0.307 e. The van der Waals surface area contributed by atoms with Crippen LogP contribution in [0.5, 0.6) is 5.75 Å². The molecule has 0 atom stereocenters. The summed E-state index contributed by atoms with van der Waals surface area (Å²) in [6.45, 7) is 0.477. The van der Waals surface area contributed by atoms with Crippen LogP contribution >= 0.6 is 54.5 Å². The Bertz CT molecular complexity index is 1590. The van der Waals surface area contributed by atoms with Gasteiger partial charge in [0.25, 0.3) is 0 Å². The molecule has 0 aliphatic heterocycles. The Kier molecular flexibility index (Phi) is 7.22. The van der Waals surface area contributed by atoms with Gasteiger partial charge in [0.2, 0.25) is 0 Å². The van der Waals surface area contributed by atoms with Crippen LogP contribution in [0.3, 0.4) is 0 Å². The molecule has 0 unspecified atom stereocenters. The molecule has 1 aromatic heterocycles. The van der Waals surface area contributed by atoms with Gasteiger partial charge in [0.1, 0.15) is 17.9 Å². The first-order valence-corrected chi connectivity index (χ1v) is 13.3. The molecule has 5 aromatic rings. The fraction of sp³-hybridized carbons (Fsp3) is 0.0370. The van der Waals surface area contributed by atoms with Crippen LogP contribution in [-0.4, -0.2) is 12.1 Å². The third kappa shape index (κ3) is 5.44. The molecule has 0 fully saturated rings. The first-order valence-electron chi connectivity index (χ1n) is 10.6. The molecule has 0 bridgehead atoms. The van der Waals surface area contributed by atoms with Crippen LogP contribution in [0.25, 0.3) is 21.7 Å². The van der Waals surface area contributed by atoms with E-state index in [2.05, 4.69) is 89.2 Å². The van der Waals surface area contributed by atoms with Crippen molar-refractivity contribution in [2.24, 2.45) is 5.10 Å². The minimum atomic E-state index is -0.426. The molecular weight excluding hydrogens is 687 g/mol. The van der Waals surface area contributed by atoms with Gasteiger partial charge >= 0.3 is 5.91 Å². The van der Waals surface area contributed by atoms with E-state index in [9.17, 15) is 4.79 Å². The Morgan fingerprint density at radius 1 is 1.00 bits per heavy atom. The first kappa shape index (κ1) is 24.0. The van der Waals surface area contributed by atoms with Crippen LogP contribution in [0.15, 0.2) is 97.3 Å². The SMILES string of the molecule is O=C(N/N=C\c1ccc(OCc2cccc3ccccc23)c(I)c1)c1cc2cc(Br)cc(Br)c2o1. The summed E-state index contributed by atoms with van der Waals surface area (Å²) in [6.07, 6.45) is 1.59. The van der Waals surface area contributed by atoms with Gasteiger partial charge in [0.05, 0.1) is 14.3 Å². The van der Waals surface area contributed by atoms with Gasteiger partial charge in [-0.05, 0) is 96.8 Å². The Morgan fingerprint density at radius 3 is 2.69 bits per heavy atom. The highest BCUT2D eigenvalue weighted by molar-refractivity contribution is 14.1. The van der Waals surface area contributed by atoms with Crippen LogP contribution in [-0.2, 0) is 6.61 Å². The van der Waals surface area contributed by atoms with Crippen molar-refractivity contribution in [3.8, 4) is 5.75 Å². The van der Waals surface area contributed by atoms with Gasteiger partial charge < -0.3 is 9.15 Å². The highest BCUT2D eigenvalue weighted by Gasteiger charge is 2.14. The number of hydrogen-bond donors (Lipinski definition) is 1. The Balaban J connectivity index is 1.23. The zero-order chi connectivity index (χ0) is 24.4. The van der Waals surface area contributed by atoms with Crippen molar-refractivity contribution >= 4 is 88.3 Å². The molecule has 4 aromatic carbocycles. The van der Waals surface area contributed by atoms with Gasteiger partial charge in [-0.15, -0.1) is 0 Å². The second kappa shape index (κ2) is 10.5. The summed E-state index contributed by atoms with van der Waals surface area (Å²) < 4.78 is 14.4. The second-order valence-electron chi connectivity index (χ2n) is 7.73. The van der Waals surface area contributed by atoms with E-state index >= 15 is 0 Å². The molecule has 35 heavy (non-hydrogen) atoms. The van der Waals surface area contributed by atoms with Crippen LogP contribution in [0.4, 0.5) is 0 Å². The monoisotopic (exact) mass is 702 g/mol. The quantitative estimate of drug-likeness (QED) is 0.111. The van der Waals surface area contributed by atoms with Crippen molar-refractivity contribution < 1.29 is 13.9 Å². The van der Waals surface area contributed by atoms with Gasteiger partial charge in [-0.2, -0.15) is 5.10 Å². The number of fused-ring (bicyclic) bond motifs is 2. The van der Waals surface area contributed by atoms with Crippen molar-refractivity contribution in [3.05, 3.63) is 108 Å². The zero-order valence-electron chi connectivity index (χ0n) is 18.1. The van der Waals surface area contributed by atoms with Gasteiger partial charge in [-0.3, -0.25) is 4.79 Å². The number of carbonyl (C=O) groups excluding carboxylic acids is 1. The van der Waals surface area contributed by atoms with Gasteiger partial charge in [0, 0.05) is 9.86 Å². The molecule has 0 saturated carbocycles. The Hall–Kier alpha value is -2.69. The molecule has 0 saturated heterocycles. The van der Waals surface area contributed by atoms with Gasteiger partial charge in [-0.1, -0.05) is 58.4 Å². The fourth-order valence-electron chi connectivity index (χ4n) is 3.70. The van der Waals surface area contributed by atoms with Crippen LogP contribution in [0.1, 0.15) is 21.7 Å². The molecule has 0 aliphatic rings. The number of ether oxygens (including phenoxy) is 1. The molecule has 1 heterocycles. The van der Waals surface area contributed by atoms with E-state index < -0.39 is 5.91 Å². The van der Waals surface area contributed by atoms with Crippen molar-refractivity contribution in [2.45, 2.75) is 6.61 Å². The molecule has 0 aliphatic carbocycles. The fourth-order valence-corrected chi connectivity index (χ4v) is 5.73. The number of hydrazone groups is 1. The number of furan rings is 1.